The van der Waals surface area contributed by atoms with Gasteiger partial charge in [0.15, 0.2) is 0 Å². The van der Waals surface area contributed by atoms with Gasteiger partial charge < -0.3 is 26.2 Å². The number of carboxylic acid groups (broad SMARTS) is 1. The maximum atomic E-state index is 14.3. The summed E-state index contributed by atoms with van der Waals surface area (Å²) in [7, 11) is 0. The van der Waals surface area contributed by atoms with Crippen LogP contribution in [-0.4, -0.2) is 20.7 Å². The molecule has 28 heavy (non-hydrogen) atoms. The van der Waals surface area contributed by atoms with Gasteiger partial charge in [-0.1, -0.05) is 11.6 Å². The Hall–Kier alpha value is -3.01. The second-order valence-electron chi connectivity index (χ2n) is 5.96. The lowest BCUT2D eigenvalue weighted by Gasteiger charge is -2.19. The molecule has 3 rings (SSSR count). The zero-order valence-corrected chi connectivity index (χ0v) is 14.9. The van der Waals surface area contributed by atoms with Crippen LogP contribution in [0.5, 0.6) is 0 Å². The zero-order valence-electron chi connectivity index (χ0n) is 14.2. The van der Waals surface area contributed by atoms with Gasteiger partial charge in [0, 0.05) is 23.9 Å². The zero-order chi connectivity index (χ0) is 20.7. The maximum Gasteiger partial charge on any atom is 0.341 e. The average molecular weight is 410 g/mol. The number of hydrogen-bond acceptors (Lipinski definition) is 5. The van der Waals surface area contributed by atoms with Crippen LogP contribution < -0.4 is 16.9 Å². The highest BCUT2D eigenvalue weighted by molar-refractivity contribution is 6.36. The summed E-state index contributed by atoms with van der Waals surface area (Å²) in [5, 5.41) is 18.4. The molecule has 0 radical (unpaired) electrons. The van der Waals surface area contributed by atoms with Crippen molar-refractivity contribution in [1.29, 1.82) is 0 Å². The van der Waals surface area contributed by atoms with Crippen LogP contribution >= 0.6 is 11.6 Å². The van der Waals surface area contributed by atoms with Gasteiger partial charge in [0.1, 0.15) is 17.2 Å². The molecule has 1 heterocycles. The predicted octanol–water partition coefficient (Wildman–Crippen LogP) is 2.15. The Morgan fingerprint density at radius 1 is 1.21 bits per heavy atom. The number of nitrogen functional groups attached to an aromatic ring is 1. The molecular formula is C18H14ClF2N3O4. The van der Waals surface area contributed by atoms with Crippen LogP contribution in [0.2, 0.25) is 5.02 Å². The Balaban J connectivity index is 2.60. The van der Waals surface area contributed by atoms with E-state index >= 15 is 0 Å². The van der Waals surface area contributed by atoms with Crippen LogP contribution in [0.1, 0.15) is 21.5 Å². The summed E-state index contributed by atoms with van der Waals surface area (Å²) < 4.78 is 29.3. The van der Waals surface area contributed by atoms with Gasteiger partial charge in [-0.2, -0.15) is 0 Å². The highest BCUT2D eigenvalue weighted by Crippen LogP contribution is 2.32. The molecule has 0 spiro atoms. The first-order valence-electron chi connectivity index (χ1n) is 7.90. The molecule has 0 atom stereocenters. The Kier molecular flexibility index (Phi) is 5.07. The Bertz CT molecular complexity index is 1190. The monoisotopic (exact) mass is 409 g/mol. The molecule has 146 valence electrons. The number of aromatic carboxylic acids is 1. The van der Waals surface area contributed by atoms with Gasteiger partial charge in [-0.3, -0.25) is 4.79 Å². The van der Waals surface area contributed by atoms with Crippen LogP contribution in [0.25, 0.3) is 16.6 Å². The van der Waals surface area contributed by atoms with Gasteiger partial charge in [0.2, 0.25) is 5.43 Å². The molecule has 0 aliphatic heterocycles. The smallest absolute Gasteiger partial charge is 0.341 e. The molecule has 0 aliphatic rings. The average Bonchev–Trinajstić information content (AvgIpc) is 2.64. The van der Waals surface area contributed by atoms with E-state index in [1.54, 1.807) is 0 Å². The van der Waals surface area contributed by atoms with Crippen LogP contribution in [-0.2, 0) is 13.2 Å². The van der Waals surface area contributed by atoms with Gasteiger partial charge in [-0.25, -0.2) is 13.6 Å². The van der Waals surface area contributed by atoms with Crippen molar-refractivity contribution in [3.63, 3.8) is 0 Å². The molecule has 7 nitrogen and oxygen atoms in total. The van der Waals surface area contributed by atoms with E-state index < -0.39 is 35.2 Å². The SMILES string of the molecule is NCc1c(F)cc2c(=O)c(C(=O)O)cn(-c3cc(N)c(F)cc3CO)c2c1Cl. The fraction of sp³-hybridized carbons (Fsp3) is 0.111. The molecule has 0 saturated heterocycles. The molecule has 0 saturated carbocycles. The molecule has 0 unspecified atom stereocenters. The lowest BCUT2D eigenvalue weighted by Crippen LogP contribution is -2.20. The van der Waals surface area contributed by atoms with Crippen molar-refractivity contribution < 1.29 is 23.8 Å². The Morgan fingerprint density at radius 3 is 2.46 bits per heavy atom. The summed E-state index contributed by atoms with van der Waals surface area (Å²) in [6.45, 7) is -0.904. The number of carbonyl (C=O) groups is 1. The summed E-state index contributed by atoms with van der Waals surface area (Å²) in [4.78, 5) is 24.1. The first-order chi connectivity index (χ1) is 13.2. The van der Waals surface area contributed by atoms with Crippen molar-refractivity contribution in [1.82, 2.24) is 4.57 Å². The molecule has 0 fully saturated rings. The van der Waals surface area contributed by atoms with E-state index in [-0.39, 0.29) is 45.0 Å². The number of pyridine rings is 1. The number of fused-ring (bicyclic) bond motifs is 1. The van der Waals surface area contributed by atoms with Gasteiger partial charge in [-0.15, -0.1) is 0 Å². The van der Waals surface area contributed by atoms with Crippen LogP contribution in [0.15, 0.2) is 29.2 Å². The van der Waals surface area contributed by atoms with E-state index in [2.05, 4.69) is 0 Å². The molecular weight excluding hydrogens is 396 g/mol. The van der Waals surface area contributed by atoms with Crippen LogP contribution in [0, 0.1) is 11.6 Å². The maximum absolute atomic E-state index is 14.3. The number of benzene rings is 2. The van der Waals surface area contributed by atoms with E-state index in [1.165, 1.54) is 0 Å². The fourth-order valence-electron chi connectivity index (χ4n) is 2.95. The molecule has 0 amide bonds. The van der Waals surface area contributed by atoms with E-state index in [4.69, 9.17) is 23.1 Å². The van der Waals surface area contributed by atoms with E-state index in [0.717, 1.165) is 29.0 Å². The summed E-state index contributed by atoms with van der Waals surface area (Å²) >= 11 is 6.28. The van der Waals surface area contributed by atoms with Gasteiger partial charge in [-0.05, 0) is 18.2 Å². The summed E-state index contributed by atoms with van der Waals surface area (Å²) in [6.07, 6.45) is 0.961. The van der Waals surface area contributed by atoms with Crippen LogP contribution in [0.4, 0.5) is 14.5 Å². The minimum atomic E-state index is -1.55. The largest absolute Gasteiger partial charge is 0.477 e. The topological polar surface area (TPSA) is 132 Å². The number of hydrogen-bond donors (Lipinski definition) is 4. The predicted molar refractivity (Wildman–Crippen MR) is 99.7 cm³/mol. The van der Waals surface area contributed by atoms with Crippen molar-refractivity contribution in [3.05, 3.63) is 68.0 Å². The third kappa shape index (κ3) is 2.99. The highest BCUT2D eigenvalue weighted by Gasteiger charge is 2.22. The van der Waals surface area contributed by atoms with E-state index in [0.29, 0.717) is 0 Å². The molecule has 2 aromatic carbocycles. The van der Waals surface area contributed by atoms with Gasteiger partial charge in [0.25, 0.3) is 0 Å². The molecule has 10 heteroatoms. The standard InChI is InChI=1S/C18H14ClF2N3O4/c19-15-9(4-22)11(20)2-8-16(15)24(5-10(17(8)26)18(27)28)14-3-13(23)12(21)1-7(14)6-25/h1-3,5,25H,4,6,22-23H2,(H,27,28). The van der Waals surface area contributed by atoms with E-state index in [9.17, 15) is 28.6 Å². The van der Waals surface area contributed by atoms with E-state index in [1.807, 2.05) is 0 Å². The minimum Gasteiger partial charge on any atom is -0.477 e. The number of rotatable bonds is 4. The quantitative estimate of drug-likeness (QED) is 0.488. The lowest BCUT2D eigenvalue weighted by atomic mass is 10.1. The first kappa shape index (κ1) is 19.7. The van der Waals surface area contributed by atoms with Crippen LogP contribution in [0.3, 0.4) is 0 Å². The third-order valence-electron chi connectivity index (χ3n) is 4.34. The Labute approximate surface area is 161 Å². The number of nitrogens with two attached hydrogens (primary N) is 2. The van der Waals surface area contributed by atoms with Crippen molar-refractivity contribution in [2.24, 2.45) is 5.73 Å². The second-order valence-corrected chi connectivity index (χ2v) is 6.34. The summed E-state index contributed by atoms with van der Waals surface area (Å²) in [5.74, 6) is -3.22. The number of aliphatic hydroxyl groups is 1. The number of carboxylic acids is 1. The fourth-order valence-corrected chi connectivity index (χ4v) is 3.31. The number of anilines is 1. The van der Waals surface area contributed by atoms with Crippen molar-refractivity contribution in [2.75, 3.05) is 5.73 Å². The van der Waals surface area contributed by atoms with Gasteiger partial charge in [0.05, 0.1) is 33.9 Å². The normalized spacial score (nSPS) is 11.2. The Morgan fingerprint density at radius 2 is 1.89 bits per heavy atom. The molecule has 6 N–H and O–H groups in total. The number of nitrogens with zero attached hydrogens (tertiary/aromatic N) is 1. The number of aromatic nitrogens is 1. The first-order valence-corrected chi connectivity index (χ1v) is 8.27. The van der Waals surface area contributed by atoms with Crippen molar-refractivity contribution in [2.45, 2.75) is 13.2 Å². The molecule has 0 bridgehead atoms. The second kappa shape index (κ2) is 7.19. The third-order valence-corrected chi connectivity index (χ3v) is 4.75. The van der Waals surface area contributed by atoms with Crippen molar-refractivity contribution >= 4 is 34.2 Å². The summed E-state index contributed by atoms with van der Waals surface area (Å²) in [6, 6.07) is 2.97. The highest BCUT2D eigenvalue weighted by atomic mass is 35.5. The number of aliphatic hydroxyl groups excluding tert-OH is 1. The minimum absolute atomic E-state index is 0.0424. The van der Waals surface area contributed by atoms with Gasteiger partial charge >= 0.3 is 5.97 Å². The number of halogens is 3. The molecule has 1 aromatic heterocycles. The lowest BCUT2D eigenvalue weighted by molar-refractivity contribution is 0.0695. The summed E-state index contributed by atoms with van der Waals surface area (Å²) in [5.41, 5.74) is 9.22. The molecule has 3 aromatic rings. The van der Waals surface area contributed by atoms with Crippen molar-refractivity contribution in [3.8, 4) is 5.69 Å². The molecule has 0 aliphatic carbocycles.